The van der Waals surface area contributed by atoms with Crippen LogP contribution in [-0.4, -0.2) is 28.1 Å². The maximum Gasteiger partial charge on any atom is 0.227 e. The highest BCUT2D eigenvalue weighted by molar-refractivity contribution is 5.88. The summed E-state index contributed by atoms with van der Waals surface area (Å²) in [4.78, 5) is 16.9. The first-order valence-electron chi connectivity index (χ1n) is 11.1. The zero-order valence-electron chi connectivity index (χ0n) is 19.9. The van der Waals surface area contributed by atoms with Crippen LogP contribution in [0.25, 0.3) is 22.6 Å². The molecule has 1 N–H and O–H groups in total. The van der Waals surface area contributed by atoms with Gasteiger partial charge in [0.25, 0.3) is 0 Å². The molecule has 5 heteroatoms. The van der Waals surface area contributed by atoms with Gasteiger partial charge in [-0.3, -0.25) is 4.79 Å². The molecule has 0 aliphatic rings. The number of ketones is 1. The lowest BCUT2D eigenvalue weighted by atomic mass is 9.91. The minimum absolute atomic E-state index is 0.0194. The minimum atomic E-state index is -0.853. The van der Waals surface area contributed by atoms with Gasteiger partial charge in [0, 0.05) is 18.1 Å². The van der Waals surface area contributed by atoms with Crippen molar-refractivity contribution in [1.82, 2.24) is 4.98 Å². The number of Topliss-reactive ketones (excluding diaryl/α,β-unsaturated/α-hetero) is 1. The lowest BCUT2D eigenvalue weighted by molar-refractivity contribution is -0.135. The van der Waals surface area contributed by atoms with Crippen LogP contribution in [0.15, 0.2) is 52.9 Å². The zero-order valence-corrected chi connectivity index (χ0v) is 19.9. The van der Waals surface area contributed by atoms with Crippen LogP contribution in [0.1, 0.15) is 61.3 Å². The lowest BCUT2D eigenvalue weighted by Crippen LogP contribution is -2.41. The van der Waals surface area contributed by atoms with Crippen molar-refractivity contribution in [1.29, 1.82) is 0 Å². The molecule has 1 heterocycles. The Labute approximate surface area is 186 Å². The highest BCUT2D eigenvalue weighted by Gasteiger charge is 2.32. The summed E-state index contributed by atoms with van der Waals surface area (Å²) in [6, 6.07) is 15.1. The van der Waals surface area contributed by atoms with E-state index in [1.54, 1.807) is 0 Å². The van der Waals surface area contributed by atoms with Crippen molar-refractivity contribution in [3.05, 3.63) is 48.5 Å². The van der Waals surface area contributed by atoms with E-state index in [1.165, 1.54) is 0 Å². The first-order chi connectivity index (χ1) is 14.8. The highest BCUT2D eigenvalue weighted by Crippen LogP contribution is 2.28. The third-order valence-corrected chi connectivity index (χ3v) is 4.65. The minimum Gasteiger partial charge on any atom is -0.480 e. The van der Waals surface area contributed by atoms with Gasteiger partial charge in [0.2, 0.25) is 5.89 Å². The van der Waals surface area contributed by atoms with E-state index in [9.17, 15) is 4.79 Å². The number of oxazole rings is 1. The van der Waals surface area contributed by atoms with Crippen molar-refractivity contribution >= 4 is 16.9 Å². The Morgan fingerprint density at radius 1 is 1.10 bits per heavy atom. The second-order valence-electron chi connectivity index (χ2n) is 7.52. The molecule has 0 spiro atoms. The number of aromatic nitrogens is 1. The van der Waals surface area contributed by atoms with Gasteiger partial charge in [-0.1, -0.05) is 46.8 Å². The van der Waals surface area contributed by atoms with Gasteiger partial charge in [0.15, 0.2) is 17.0 Å². The van der Waals surface area contributed by atoms with E-state index in [1.807, 2.05) is 97.0 Å². The summed E-state index contributed by atoms with van der Waals surface area (Å²) in [5.74, 6) is 1.32. The fraction of sp³-hybridized carbons (Fsp3) is 0.462. The van der Waals surface area contributed by atoms with Crippen molar-refractivity contribution in [3.8, 4) is 17.2 Å². The summed E-state index contributed by atoms with van der Waals surface area (Å²) in [5, 5.41) is 7.88. The Balaban J connectivity index is 0.000000720. The normalized spacial score (nSPS) is 11.6. The molecule has 0 saturated carbocycles. The predicted octanol–water partition coefficient (Wildman–Crippen LogP) is 6.68. The molecule has 0 bridgehead atoms. The van der Waals surface area contributed by atoms with E-state index in [-0.39, 0.29) is 11.7 Å². The molecule has 0 aliphatic carbocycles. The molecule has 170 valence electrons. The van der Waals surface area contributed by atoms with E-state index in [0.717, 1.165) is 29.5 Å². The second-order valence-corrected chi connectivity index (χ2v) is 7.52. The van der Waals surface area contributed by atoms with Gasteiger partial charge >= 0.3 is 0 Å². The fourth-order valence-electron chi connectivity index (χ4n) is 2.78. The third-order valence-electron chi connectivity index (χ3n) is 4.65. The van der Waals surface area contributed by atoms with Crippen molar-refractivity contribution in [2.24, 2.45) is 5.92 Å². The highest BCUT2D eigenvalue weighted by atomic mass is 16.5. The van der Waals surface area contributed by atoms with Crippen molar-refractivity contribution < 1.29 is 19.1 Å². The quantitative estimate of drug-likeness (QED) is 0.455. The number of aliphatic hydroxyl groups excluding tert-OH is 1. The molecule has 31 heavy (non-hydrogen) atoms. The number of nitrogens with zero attached hydrogens (tertiary/aromatic N) is 1. The van der Waals surface area contributed by atoms with E-state index >= 15 is 0 Å². The number of benzene rings is 2. The average Bonchev–Trinajstić information content (AvgIpc) is 3.24. The molecule has 0 fully saturated rings. The fourth-order valence-corrected chi connectivity index (χ4v) is 2.78. The maximum atomic E-state index is 12.4. The standard InChI is InChI=1S/C21H23NO3.C3H8O.C2H6/c1-5-14(2)19(23)21(3,4)25-16-12-10-15(11-13-16)20-22-17-8-6-7-9-18(17)24-20;1-2-3-4;1-2/h6-14H,5H2,1-4H3;4H,2-3H2,1H3;1-2H3. The number of carbonyl (C=O) groups excluding carboxylic acids is 1. The van der Waals surface area contributed by atoms with E-state index in [2.05, 4.69) is 4.98 Å². The number of hydrogen-bond acceptors (Lipinski definition) is 5. The Hall–Kier alpha value is -2.66. The van der Waals surface area contributed by atoms with Crippen molar-refractivity contribution in [2.45, 2.75) is 66.9 Å². The van der Waals surface area contributed by atoms with Gasteiger partial charge in [0.05, 0.1) is 0 Å². The molecule has 1 unspecified atom stereocenters. The summed E-state index contributed by atoms with van der Waals surface area (Å²) < 4.78 is 11.7. The molecule has 0 amide bonds. The van der Waals surface area contributed by atoms with Crippen molar-refractivity contribution in [2.75, 3.05) is 6.61 Å². The summed E-state index contributed by atoms with van der Waals surface area (Å²) in [6.07, 6.45) is 1.68. The van der Waals surface area contributed by atoms with Crippen LogP contribution in [0.2, 0.25) is 0 Å². The van der Waals surface area contributed by atoms with E-state index in [0.29, 0.717) is 18.2 Å². The van der Waals surface area contributed by atoms with Crippen LogP contribution in [0.4, 0.5) is 0 Å². The molecular formula is C26H37NO4. The SMILES string of the molecule is CC.CCC(C)C(=O)C(C)(C)Oc1ccc(-c2nc3ccccc3o2)cc1.CCCO. The Bertz CT molecular complexity index is 878. The number of carbonyl (C=O) groups is 1. The van der Waals surface area contributed by atoms with Crippen LogP contribution in [0.3, 0.4) is 0 Å². The number of fused-ring (bicyclic) bond motifs is 1. The van der Waals surface area contributed by atoms with Gasteiger partial charge in [0.1, 0.15) is 11.3 Å². The van der Waals surface area contributed by atoms with Gasteiger partial charge in [-0.15, -0.1) is 0 Å². The second kappa shape index (κ2) is 12.9. The maximum absolute atomic E-state index is 12.4. The molecule has 0 aliphatic heterocycles. The van der Waals surface area contributed by atoms with Gasteiger partial charge in [-0.25, -0.2) is 4.98 Å². The topological polar surface area (TPSA) is 72.6 Å². The number of rotatable bonds is 7. The number of para-hydroxylation sites is 2. The zero-order chi connectivity index (χ0) is 23.4. The van der Waals surface area contributed by atoms with Crippen LogP contribution in [0.5, 0.6) is 5.75 Å². The predicted molar refractivity (Wildman–Crippen MR) is 127 cm³/mol. The molecule has 1 aromatic heterocycles. The molecule has 0 radical (unpaired) electrons. The van der Waals surface area contributed by atoms with E-state index < -0.39 is 5.60 Å². The molecule has 2 aromatic carbocycles. The molecule has 1 atom stereocenters. The summed E-state index contributed by atoms with van der Waals surface area (Å²) in [7, 11) is 0. The van der Waals surface area contributed by atoms with Gasteiger partial charge < -0.3 is 14.3 Å². The summed E-state index contributed by atoms with van der Waals surface area (Å²) in [6.45, 7) is 13.8. The van der Waals surface area contributed by atoms with Gasteiger partial charge in [-0.2, -0.15) is 0 Å². The Morgan fingerprint density at radius 3 is 2.19 bits per heavy atom. The van der Waals surface area contributed by atoms with Crippen LogP contribution < -0.4 is 4.74 Å². The smallest absolute Gasteiger partial charge is 0.227 e. The molecule has 0 saturated heterocycles. The number of hydrogen-bond donors (Lipinski definition) is 1. The van der Waals surface area contributed by atoms with Crippen LogP contribution in [-0.2, 0) is 4.79 Å². The Morgan fingerprint density at radius 2 is 1.68 bits per heavy atom. The number of aliphatic hydroxyl groups is 1. The average molecular weight is 428 g/mol. The first kappa shape index (κ1) is 26.4. The Kier molecular flexibility index (Phi) is 11.0. The molecule has 5 nitrogen and oxygen atoms in total. The van der Waals surface area contributed by atoms with Crippen LogP contribution >= 0.6 is 0 Å². The third kappa shape index (κ3) is 7.51. The molecule has 3 aromatic rings. The largest absolute Gasteiger partial charge is 0.480 e. The number of ether oxygens (including phenoxy) is 1. The van der Waals surface area contributed by atoms with E-state index in [4.69, 9.17) is 14.3 Å². The molecule has 3 rings (SSSR count). The van der Waals surface area contributed by atoms with Gasteiger partial charge in [-0.05, 0) is 63.1 Å². The molecular weight excluding hydrogens is 390 g/mol. The first-order valence-corrected chi connectivity index (χ1v) is 11.1. The summed E-state index contributed by atoms with van der Waals surface area (Å²) in [5.41, 5.74) is 1.61. The van der Waals surface area contributed by atoms with Crippen LogP contribution in [0, 0.1) is 5.92 Å². The van der Waals surface area contributed by atoms with Crippen molar-refractivity contribution in [3.63, 3.8) is 0 Å². The lowest BCUT2D eigenvalue weighted by Gasteiger charge is -2.27. The monoisotopic (exact) mass is 427 g/mol. The summed E-state index contributed by atoms with van der Waals surface area (Å²) >= 11 is 0.